The highest BCUT2D eigenvalue weighted by Crippen LogP contribution is 2.34. The van der Waals surface area contributed by atoms with Crippen molar-refractivity contribution in [3.05, 3.63) is 87.4 Å². The molecular weight excluding hydrogens is 597 g/mol. The van der Waals surface area contributed by atoms with Crippen LogP contribution in [-0.4, -0.2) is 50.9 Å². The number of carbonyl (C=O) groups excluding carboxylic acids is 2. The fourth-order valence-corrected chi connectivity index (χ4v) is 5.97. The lowest BCUT2D eigenvalue weighted by Gasteiger charge is -2.33. The summed E-state index contributed by atoms with van der Waals surface area (Å²) in [6, 6.07) is 15.4. The molecule has 0 saturated carbocycles. The number of hydrogen-bond acceptors (Lipinski definition) is 5. The van der Waals surface area contributed by atoms with Crippen molar-refractivity contribution in [3.8, 4) is 5.75 Å². The van der Waals surface area contributed by atoms with Crippen LogP contribution in [0.1, 0.15) is 43.9 Å². The first kappa shape index (κ1) is 33.2. The van der Waals surface area contributed by atoms with E-state index >= 15 is 0 Å². The molecule has 8 nitrogen and oxygen atoms in total. The minimum absolute atomic E-state index is 0.00577. The molecule has 3 aromatic rings. The number of benzene rings is 3. The summed E-state index contributed by atoms with van der Waals surface area (Å²) >= 11 is 12.3. The maximum absolute atomic E-state index is 14.1. The Bertz CT molecular complexity index is 1530. The van der Waals surface area contributed by atoms with Crippen LogP contribution in [0.4, 0.5) is 5.69 Å². The van der Waals surface area contributed by atoms with Gasteiger partial charge in [0.25, 0.3) is 10.0 Å². The highest BCUT2D eigenvalue weighted by Gasteiger charge is 2.34. The van der Waals surface area contributed by atoms with Gasteiger partial charge in [-0.25, -0.2) is 8.42 Å². The monoisotopic (exact) mass is 633 g/mol. The van der Waals surface area contributed by atoms with Crippen LogP contribution in [-0.2, 0) is 26.2 Å². The molecule has 1 N–H and O–H groups in total. The first-order valence-corrected chi connectivity index (χ1v) is 15.8. The number of carbonyl (C=O) groups is 2. The van der Waals surface area contributed by atoms with E-state index in [1.807, 2.05) is 27.7 Å². The van der Waals surface area contributed by atoms with Gasteiger partial charge in [0.05, 0.1) is 27.7 Å². The molecule has 0 spiro atoms. The third-order valence-corrected chi connectivity index (χ3v) is 9.51. The summed E-state index contributed by atoms with van der Waals surface area (Å²) in [6.45, 7) is 8.51. The summed E-state index contributed by atoms with van der Waals surface area (Å²) in [7, 11) is -2.80. The van der Waals surface area contributed by atoms with E-state index in [4.69, 9.17) is 27.9 Å². The Balaban J connectivity index is 2.11. The number of amides is 2. The Hall–Kier alpha value is -3.27. The van der Waals surface area contributed by atoms with E-state index in [1.54, 1.807) is 55.5 Å². The van der Waals surface area contributed by atoms with Crippen LogP contribution < -0.4 is 14.4 Å². The van der Waals surface area contributed by atoms with Crippen molar-refractivity contribution >= 4 is 50.7 Å². The highest BCUT2D eigenvalue weighted by atomic mass is 35.5. The van der Waals surface area contributed by atoms with Gasteiger partial charge in [0.1, 0.15) is 18.3 Å². The molecule has 0 radical (unpaired) electrons. The molecule has 2 atom stereocenters. The molecule has 0 saturated heterocycles. The number of aryl methyl sites for hydroxylation is 2. The fraction of sp³-hybridized carbons (Fsp3) is 0.355. The largest absolute Gasteiger partial charge is 0.495 e. The van der Waals surface area contributed by atoms with Gasteiger partial charge in [-0.05, 0) is 81.6 Å². The maximum Gasteiger partial charge on any atom is 0.264 e. The van der Waals surface area contributed by atoms with Crippen LogP contribution in [0, 0.1) is 13.8 Å². The number of halogens is 2. The van der Waals surface area contributed by atoms with Crippen LogP contribution >= 0.6 is 23.2 Å². The second kappa shape index (κ2) is 14.3. The average Bonchev–Trinajstić information content (AvgIpc) is 2.95. The van der Waals surface area contributed by atoms with Crippen LogP contribution in [0.5, 0.6) is 5.75 Å². The molecule has 3 aromatic carbocycles. The summed E-state index contributed by atoms with van der Waals surface area (Å²) in [5.74, 6) is -0.673. The minimum atomic E-state index is -4.24. The van der Waals surface area contributed by atoms with Gasteiger partial charge in [-0.1, -0.05) is 60.0 Å². The minimum Gasteiger partial charge on any atom is -0.495 e. The second-order valence-electron chi connectivity index (χ2n) is 10.3. The van der Waals surface area contributed by atoms with Gasteiger partial charge in [-0.2, -0.15) is 0 Å². The van der Waals surface area contributed by atoms with Crippen molar-refractivity contribution in [2.24, 2.45) is 0 Å². The van der Waals surface area contributed by atoms with E-state index < -0.39 is 28.5 Å². The van der Waals surface area contributed by atoms with Gasteiger partial charge >= 0.3 is 0 Å². The number of sulfonamides is 1. The number of nitrogens with zero attached hydrogens (tertiary/aromatic N) is 2. The first-order valence-electron chi connectivity index (χ1n) is 13.6. The van der Waals surface area contributed by atoms with E-state index in [2.05, 4.69) is 5.32 Å². The molecule has 0 bridgehead atoms. The Morgan fingerprint density at radius 2 is 1.57 bits per heavy atom. The molecule has 0 aliphatic heterocycles. The molecule has 11 heteroatoms. The summed E-state index contributed by atoms with van der Waals surface area (Å²) in [4.78, 5) is 28.7. The topological polar surface area (TPSA) is 96.0 Å². The Labute approximate surface area is 258 Å². The third kappa shape index (κ3) is 7.96. The standard InChI is InChI=1S/C31H37Cl2N3O5S/c1-7-22(4)34-31(38)23(5)35(18-24-11-14-26(32)27(33)17-24)30(37)19-36(28-16-21(3)10-15-29(28)41-6)42(39,40)25-12-8-20(2)9-13-25/h8-17,22-23H,7,18-19H2,1-6H3,(H,34,38). The zero-order valence-electron chi connectivity index (χ0n) is 24.6. The maximum atomic E-state index is 14.1. The summed E-state index contributed by atoms with van der Waals surface area (Å²) in [5.41, 5.74) is 2.50. The lowest BCUT2D eigenvalue weighted by atomic mass is 10.1. The Morgan fingerprint density at radius 3 is 2.17 bits per heavy atom. The van der Waals surface area contributed by atoms with Crippen molar-refractivity contribution in [2.75, 3.05) is 18.0 Å². The van der Waals surface area contributed by atoms with Crippen molar-refractivity contribution in [3.63, 3.8) is 0 Å². The lowest BCUT2D eigenvalue weighted by molar-refractivity contribution is -0.139. The second-order valence-corrected chi connectivity index (χ2v) is 12.9. The SMILES string of the molecule is CCC(C)NC(=O)C(C)N(Cc1ccc(Cl)c(Cl)c1)C(=O)CN(c1cc(C)ccc1OC)S(=O)(=O)c1ccc(C)cc1. The molecule has 0 heterocycles. The molecule has 2 amide bonds. The number of ether oxygens (including phenoxy) is 1. The quantitative estimate of drug-likeness (QED) is 0.258. The summed E-state index contributed by atoms with van der Waals surface area (Å²) < 4.78 is 34.7. The van der Waals surface area contributed by atoms with Gasteiger partial charge in [-0.15, -0.1) is 0 Å². The molecule has 0 aliphatic rings. The van der Waals surface area contributed by atoms with E-state index in [9.17, 15) is 18.0 Å². The predicted molar refractivity (Wildman–Crippen MR) is 168 cm³/mol. The number of methoxy groups -OCH3 is 1. The zero-order valence-corrected chi connectivity index (χ0v) is 27.0. The molecule has 226 valence electrons. The van der Waals surface area contributed by atoms with Crippen molar-refractivity contribution < 1.29 is 22.7 Å². The summed E-state index contributed by atoms with van der Waals surface area (Å²) in [6.07, 6.45) is 0.703. The normalized spacial score (nSPS) is 12.8. The zero-order chi connectivity index (χ0) is 31.2. The Morgan fingerprint density at radius 1 is 0.929 bits per heavy atom. The molecule has 0 aliphatic carbocycles. The van der Waals surface area contributed by atoms with E-state index in [0.717, 1.165) is 15.4 Å². The van der Waals surface area contributed by atoms with Crippen LogP contribution in [0.3, 0.4) is 0 Å². The van der Waals surface area contributed by atoms with E-state index in [1.165, 1.54) is 24.1 Å². The van der Waals surface area contributed by atoms with Crippen LogP contribution in [0.2, 0.25) is 10.0 Å². The van der Waals surface area contributed by atoms with Gasteiger partial charge in [-0.3, -0.25) is 13.9 Å². The summed E-state index contributed by atoms with van der Waals surface area (Å²) in [5, 5.41) is 3.56. The first-order chi connectivity index (χ1) is 19.8. The molecule has 0 aromatic heterocycles. The van der Waals surface area contributed by atoms with Crippen LogP contribution in [0.15, 0.2) is 65.6 Å². The average molecular weight is 635 g/mol. The smallest absolute Gasteiger partial charge is 0.264 e. The number of anilines is 1. The predicted octanol–water partition coefficient (Wildman–Crippen LogP) is 6.15. The molecule has 0 fully saturated rings. The molecule has 2 unspecified atom stereocenters. The lowest BCUT2D eigenvalue weighted by Crippen LogP contribution is -2.52. The highest BCUT2D eigenvalue weighted by molar-refractivity contribution is 7.92. The van der Waals surface area contributed by atoms with Gasteiger partial charge < -0.3 is 15.0 Å². The van der Waals surface area contributed by atoms with Crippen LogP contribution in [0.25, 0.3) is 0 Å². The fourth-order valence-electron chi connectivity index (χ4n) is 4.23. The van der Waals surface area contributed by atoms with E-state index in [0.29, 0.717) is 22.0 Å². The van der Waals surface area contributed by atoms with Gasteiger partial charge in [0, 0.05) is 12.6 Å². The van der Waals surface area contributed by atoms with E-state index in [-0.39, 0.29) is 34.8 Å². The Kier molecular flexibility index (Phi) is 11.3. The molecular formula is C31H37Cl2N3O5S. The van der Waals surface area contributed by atoms with Crippen molar-refractivity contribution in [1.29, 1.82) is 0 Å². The third-order valence-electron chi connectivity index (χ3n) is 7.00. The number of hydrogen-bond donors (Lipinski definition) is 1. The van der Waals surface area contributed by atoms with Crippen molar-refractivity contribution in [1.82, 2.24) is 10.2 Å². The van der Waals surface area contributed by atoms with Gasteiger partial charge in [0.15, 0.2) is 0 Å². The molecule has 3 rings (SSSR count). The number of nitrogens with one attached hydrogen (secondary N) is 1. The van der Waals surface area contributed by atoms with Crippen molar-refractivity contribution in [2.45, 2.75) is 64.6 Å². The van der Waals surface area contributed by atoms with Gasteiger partial charge in [0.2, 0.25) is 11.8 Å². The molecule has 42 heavy (non-hydrogen) atoms. The number of rotatable bonds is 12.